The van der Waals surface area contributed by atoms with Crippen molar-refractivity contribution in [2.75, 3.05) is 0 Å². The van der Waals surface area contributed by atoms with Crippen molar-refractivity contribution < 1.29 is 32.6 Å². The topological polar surface area (TPSA) is 127 Å². The van der Waals surface area contributed by atoms with E-state index in [4.69, 9.17) is 21.4 Å². The van der Waals surface area contributed by atoms with Crippen LogP contribution in [0.4, 0.5) is 4.79 Å². The highest BCUT2D eigenvalue weighted by Crippen LogP contribution is 2.32. The highest BCUT2D eigenvalue weighted by atomic mass is 35.5. The third-order valence-corrected chi connectivity index (χ3v) is 5.72. The van der Waals surface area contributed by atoms with Crippen LogP contribution in [-0.4, -0.2) is 47.2 Å². The molecular weight excluding hydrogens is 410 g/mol. The average molecular weight is 438 g/mol. The Bertz CT molecular complexity index is 760. The number of allylic oxidation sites excluding steroid dienone is 1. The van der Waals surface area contributed by atoms with Crippen LogP contribution < -0.4 is 5.32 Å². The van der Waals surface area contributed by atoms with Gasteiger partial charge in [-0.25, -0.2) is 13.2 Å². The number of alkyl carbamates (subject to hydrolysis) is 1. The number of rotatable bonds is 8. The lowest BCUT2D eigenvalue weighted by molar-refractivity contribution is -0.139. The Morgan fingerprint density at radius 3 is 2.00 bits per heavy atom. The smallest absolute Gasteiger partial charge is 0.408 e. The van der Waals surface area contributed by atoms with Crippen molar-refractivity contribution in [3.63, 3.8) is 0 Å². The summed E-state index contributed by atoms with van der Waals surface area (Å²) in [5.74, 6) is -2.67. The van der Waals surface area contributed by atoms with Gasteiger partial charge in [0.15, 0.2) is 5.78 Å². The summed E-state index contributed by atoms with van der Waals surface area (Å²) < 4.78 is 27.3. The van der Waals surface area contributed by atoms with Gasteiger partial charge in [-0.1, -0.05) is 45.0 Å². The SMILES string of the molecule is C=CS(=O)(=O)C(Cl)(C=CC(C)(C)C)C(=O)[C@H](CC(=O)O)NC(=O)OC(C)(C)C. The van der Waals surface area contributed by atoms with Gasteiger partial charge >= 0.3 is 12.1 Å². The van der Waals surface area contributed by atoms with Gasteiger partial charge in [-0.15, -0.1) is 0 Å². The zero-order chi connectivity index (χ0) is 22.6. The van der Waals surface area contributed by atoms with Gasteiger partial charge in [-0.3, -0.25) is 9.59 Å². The maximum Gasteiger partial charge on any atom is 0.408 e. The largest absolute Gasteiger partial charge is 0.481 e. The molecule has 1 unspecified atom stereocenters. The maximum atomic E-state index is 13.0. The lowest BCUT2D eigenvalue weighted by Gasteiger charge is -2.28. The van der Waals surface area contributed by atoms with Crippen molar-refractivity contribution in [3.8, 4) is 0 Å². The quantitative estimate of drug-likeness (QED) is 0.441. The van der Waals surface area contributed by atoms with Gasteiger partial charge in [0.2, 0.25) is 14.0 Å². The molecule has 160 valence electrons. The Hall–Kier alpha value is -1.87. The summed E-state index contributed by atoms with van der Waals surface area (Å²) in [6, 6.07) is -1.75. The minimum atomic E-state index is -4.43. The summed E-state index contributed by atoms with van der Waals surface area (Å²) >= 11 is 6.20. The molecule has 0 saturated heterocycles. The number of amides is 1. The first-order chi connectivity index (χ1) is 12.3. The van der Waals surface area contributed by atoms with Crippen LogP contribution in [0.5, 0.6) is 0 Å². The van der Waals surface area contributed by atoms with Gasteiger partial charge in [0.1, 0.15) is 11.6 Å². The molecule has 0 heterocycles. The summed E-state index contributed by atoms with van der Waals surface area (Å²) in [5, 5.41) is 11.7. The van der Waals surface area contributed by atoms with Crippen molar-refractivity contribution in [1.29, 1.82) is 0 Å². The number of nitrogens with one attached hydrogen (secondary N) is 1. The lowest BCUT2D eigenvalue weighted by Crippen LogP contribution is -2.53. The number of sulfone groups is 1. The third-order valence-electron chi connectivity index (χ3n) is 3.15. The molecule has 0 aromatic rings. The van der Waals surface area contributed by atoms with Crippen LogP contribution >= 0.6 is 11.6 Å². The number of hydrogen-bond donors (Lipinski definition) is 2. The first-order valence-electron chi connectivity index (χ1n) is 8.36. The standard InChI is InChI=1S/C18H28ClNO7S/c1-8-28(25,26)18(19,10-9-16(2,3)4)14(23)12(11-13(21)22)20-15(24)27-17(5,6)7/h8-10,12H,1,11H2,2-7H3,(H,20,24)(H,21,22)/t12-,18?/m0/s1. The van der Waals surface area contributed by atoms with Crippen LogP contribution in [-0.2, 0) is 24.2 Å². The molecule has 8 nitrogen and oxygen atoms in total. The Morgan fingerprint density at radius 1 is 1.14 bits per heavy atom. The molecular formula is C18H28ClNO7S. The fourth-order valence-electron chi connectivity index (χ4n) is 1.87. The van der Waals surface area contributed by atoms with E-state index in [0.29, 0.717) is 5.41 Å². The predicted molar refractivity (Wildman–Crippen MR) is 107 cm³/mol. The highest BCUT2D eigenvalue weighted by Gasteiger charge is 2.49. The van der Waals surface area contributed by atoms with E-state index in [-0.39, 0.29) is 0 Å². The van der Waals surface area contributed by atoms with Crippen molar-refractivity contribution in [2.45, 2.75) is 63.8 Å². The molecule has 0 aromatic carbocycles. The third kappa shape index (κ3) is 8.02. The summed E-state index contributed by atoms with van der Waals surface area (Å²) in [6.45, 7) is 13.1. The van der Waals surface area contributed by atoms with Crippen molar-refractivity contribution in [2.24, 2.45) is 5.41 Å². The Kier molecular flexibility index (Phi) is 8.48. The number of carbonyl (C=O) groups excluding carboxylic acids is 2. The van der Waals surface area contributed by atoms with E-state index in [9.17, 15) is 22.8 Å². The minimum Gasteiger partial charge on any atom is -0.481 e. The number of carbonyl (C=O) groups is 3. The van der Waals surface area contributed by atoms with Gasteiger partial charge in [-0.05, 0) is 32.3 Å². The zero-order valence-corrected chi connectivity index (χ0v) is 18.5. The fraction of sp³-hybridized carbons (Fsp3) is 0.611. The fourth-order valence-corrected chi connectivity index (χ4v) is 3.17. The molecule has 0 aliphatic heterocycles. The van der Waals surface area contributed by atoms with Gasteiger partial charge in [0.25, 0.3) is 0 Å². The van der Waals surface area contributed by atoms with E-state index in [0.717, 1.165) is 6.08 Å². The molecule has 0 radical (unpaired) electrons. The number of halogens is 1. The molecule has 0 saturated carbocycles. The molecule has 0 bridgehead atoms. The second-order valence-electron chi connectivity index (χ2n) is 8.22. The lowest BCUT2D eigenvalue weighted by atomic mass is 9.95. The summed E-state index contributed by atoms with van der Waals surface area (Å²) in [4.78, 5) is 36.2. The summed E-state index contributed by atoms with van der Waals surface area (Å²) in [6.07, 6.45) is 0.411. The molecule has 28 heavy (non-hydrogen) atoms. The van der Waals surface area contributed by atoms with Crippen LogP contribution in [0, 0.1) is 5.41 Å². The number of alkyl halides is 1. The summed E-state index contributed by atoms with van der Waals surface area (Å²) in [5.41, 5.74) is -1.45. The Morgan fingerprint density at radius 2 is 1.64 bits per heavy atom. The highest BCUT2D eigenvalue weighted by molar-refractivity contribution is 7.97. The number of ether oxygens (including phenoxy) is 1. The second kappa shape index (κ2) is 9.09. The number of carboxylic acids is 1. The molecule has 0 aliphatic carbocycles. The first kappa shape index (κ1) is 26.1. The van der Waals surface area contributed by atoms with Gasteiger partial charge < -0.3 is 15.2 Å². The van der Waals surface area contributed by atoms with E-state index >= 15 is 0 Å². The van der Waals surface area contributed by atoms with Crippen molar-refractivity contribution in [3.05, 3.63) is 24.1 Å². The van der Waals surface area contributed by atoms with Crippen molar-refractivity contribution >= 4 is 39.3 Å². The number of ketones is 1. The van der Waals surface area contributed by atoms with Crippen LogP contribution in [0.15, 0.2) is 24.1 Å². The number of hydrogen-bond acceptors (Lipinski definition) is 6. The summed E-state index contributed by atoms with van der Waals surface area (Å²) in [7, 11) is -4.43. The van der Waals surface area contributed by atoms with Crippen LogP contribution in [0.3, 0.4) is 0 Å². The normalized spacial score (nSPS) is 16.1. The Labute approximate surface area is 170 Å². The minimum absolute atomic E-state index is 0.510. The van der Waals surface area contributed by atoms with E-state index in [1.165, 1.54) is 6.08 Å². The van der Waals surface area contributed by atoms with E-state index < -0.39 is 55.4 Å². The Balaban J connectivity index is 6.16. The molecule has 0 spiro atoms. The predicted octanol–water partition coefficient (Wildman–Crippen LogP) is 3.02. The van der Waals surface area contributed by atoms with Gasteiger partial charge in [-0.2, -0.15) is 0 Å². The number of aliphatic carboxylic acids is 1. The van der Waals surface area contributed by atoms with E-state index in [1.54, 1.807) is 41.5 Å². The molecule has 0 fully saturated rings. The number of Topliss-reactive ketones (excluding diaryl/α,β-unsaturated/α-hetero) is 1. The maximum absolute atomic E-state index is 13.0. The molecule has 0 aromatic heterocycles. The number of carboxylic acid groups (broad SMARTS) is 1. The van der Waals surface area contributed by atoms with Gasteiger partial charge in [0, 0.05) is 5.41 Å². The molecule has 0 rings (SSSR count). The van der Waals surface area contributed by atoms with Crippen LogP contribution in [0.2, 0.25) is 0 Å². The van der Waals surface area contributed by atoms with E-state index in [1.807, 2.05) is 0 Å². The molecule has 1 amide bonds. The molecule has 2 N–H and O–H groups in total. The average Bonchev–Trinajstić information content (AvgIpc) is 2.47. The zero-order valence-electron chi connectivity index (χ0n) is 16.9. The molecule has 2 atom stereocenters. The first-order valence-corrected chi connectivity index (χ1v) is 10.3. The van der Waals surface area contributed by atoms with Crippen molar-refractivity contribution in [1.82, 2.24) is 5.32 Å². The molecule has 10 heteroatoms. The van der Waals surface area contributed by atoms with Crippen LogP contribution in [0.1, 0.15) is 48.0 Å². The van der Waals surface area contributed by atoms with Gasteiger partial charge in [0.05, 0.1) is 6.42 Å². The van der Waals surface area contributed by atoms with Crippen LogP contribution in [0.25, 0.3) is 0 Å². The molecule has 0 aliphatic rings. The monoisotopic (exact) mass is 437 g/mol. The van der Waals surface area contributed by atoms with E-state index in [2.05, 4.69) is 11.9 Å². The second-order valence-corrected chi connectivity index (χ2v) is 11.1.